The zero-order valence-corrected chi connectivity index (χ0v) is 40.4. The van der Waals surface area contributed by atoms with Crippen LogP contribution in [0.15, 0.2) is 109 Å². The minimum absolute atomic E-state index is 0. The molecular weight excluding hydrogens is 872 g/mol. The summed E-state index contributed by atoms with van der Waals surface area (Å²) in [5.41, 5.74) is 11.1. The summed E-state index contributed by atoms with van der Waals surface area (Å²) in [5.74, 6) is 1.79. The molecule has 0 aromatic heterocycles. The fraction of sp³-hybridized carbons (Fsp3) is 0.385. The molecular formula is C52H63Cl2F3SiZr-4. The first kappa shape index (κ1) is 52.7. The average Bonchev–Trinajstić information content (AvgIpc) is 3.59. The van der Waals surface area contributed by atoms with Gasteiger partial charge in [-0.05, 0) is 49.7 Å². The van der Waals surface area contributed by atoms with Crippen molar-refractivity contribution in [2.24, 2.45) is 11.8 Å². The number of hydrogen-bond donors (Lipinski definition) is 0. The van der Waals surface area contributed by atoms with E-state index in [9.17, 15) is 13.2 Å². The van der Waals surface area contributed by atoms with E-state index in [1.54, 1.807) is 0 Å². The van der Waals surface area contributed by atoms with Crippen molar-refractivity contribution in [1.29, 1.82) is 0 Å². The molecule has 6 aromatic rings. The van der Waals surface area contributed by atoms with Crippen molar-refractivity contribution in [2.45, 2.75) is 116 Å². The van der Waals surface area contributed by atoms with E-state index in [1.807, 2.05) is 0 Å². The Kier molecular flexibility index (Phi) is 23.9. The Morgan fingerprint density at radius 1 is 0.576 bits per heavy atom. The number of benzene rings is 4. The van der Waals surface area contributed by atoms with Gasteiger partial charge in [-0.25, -0.2) is 0 Å². The van der Waals surface area contributed by atoms with Crippen LogP contribution < -0.4 is 0 Å². The maximum absolute atomic E-state index is 10.7. The molecule has 2 aliphatic carbocycles. The van der Waals surface area contributed by atoms with Gasteiger partial charge >= 0.3 is 36.4 Å². The molecule has 2 radical (unpaired) electrons. The molecule has 318 valence electrons. The summed E-state index contributed by atoms with van der Waals surface area (Å²) in [4.78, 5) is 0. The molecule has 0 N–H and O–H groups in total. The molecule has 0 heterocycles. The molecule has 8 rings (SSSR count). The van der Waals surface area contributed by atoms with Gasteiger partial charge in [0.2, 0.25) is 0 Å². The number of fused-ring (bicyclic) bond motifs is 2. The van der Waals surface area contributed by atoms with Crippen molar-refractivity contribution in [1.82, 2.24) is 0 Å². The Morgan fingerprint density at radius 3 is 1.20 bits per heavy atom. The molecule has 0 nitrogen and oxygen atoms in total. The Hall–Kier alpha value is -2.43. The number of rotatable bonds is 6. The third-order valence-electron chi connectivity index (χ3n) is 11.6. The molecule has 59 heavy (non-hydrogen) atoms. The summed E-state index contributed by atoms with van der Waals surface area (Å²) in [6.07, 6.45) is 14.7. The number of halogens is 5. The standard InChI is InChI=1S/2C24H27.C3H4F3.CH3.2ClH.Si.Zr/c2*1-18-11-13-21(14-12-18)23-10-6-9-22-16-20(17-24(22)23)15-19-7-4-2-3-5-8-19;1-2-3(4,5)6;;;;;/h2*6,9-14,16-17,19H,2-5,7-8,15H2,1H3;1-2H2;1H3;2*1H;;/q4*-1;;;;. The van der Waals surface area contributed by atoms with Gasteiger partial charge in [-0.15, -0.1) is 93.9 Å². The molecule has 0 unspecified atom stereocenters. The third kappa shape index (κ3) is 16.4. The van der Waals surface area contributed by atoms with Gasteiger partial charge in [-0.2, -0.15) is 25.3 Å². The monoisotopic (exact) mass is 932 g/mol. The molecule has 6 aromatic carbocycles. The van der Waals surface area contributed by atoms with E-state index >= 15 is 0 Å². The van der Waals surface area contributed by atoms with Crippen LogP contribution in [0.25, 0.3) is 43.8 Å². The van der Waals surface area contributed by atoms with Gasteiger partial charge in [0.1, 0.15) is 0 Å². The number of aryl methyl sites for hydroxylation is 2. The van der Waals surface area contributed by atoms with Gasteiger partial charge in [-0.3, -0.25) is 0 Å². The topological polar surface area (TPSA) is 0 Å². The summed E-state index contributed by atoms with van der Waals surface area (Å²) in [5, 5.41) is 5.64. The summed E-state index contributed by atoms with van der Waals surface area (Å²) in [6, 6.07) is 41.1. The van der Waals surface area contributed by atoms with Crippen molar-refractivity contribution in [3.63, 3.8) is 0 Å². The van der Waals surface area contributed by atoms with Crippen molar-refractivity contribution >= 4 is 53.2 Å². The first-order valence-electron chi connectivity index (χ1n) is 20.8. The van der Waals surface area contributed by atoms with E-state index in [2.05, 4.69) is 137 Å². The van der Waals surface area contributed by atoms with Gasteiger partial charge in [0.25, 0.3) is 0 Å². The first-order valence-corrected chi connectivity index (χ1v) is 25.0. The second-order valence-corrected chi connectivity index (χ2v) is 16.1. The quantitative estimate of drug-likeness (QED) is 0.0887. The van der Waals surface area contributed by atoms with Gasteiger partial charge in [0.05, 0.1) is 0 Å². The van der Waals surface area contributed by atoms with Gasteiger partial charge < -0.3 is 14.4 Å². The van der Waals surface area contributed by atoms with Crippen LogP contribution >= 0.6 is 24.8 Å². The van der Waals surface area contributed by atoms with Crippen LogP contribution in [0.3, 0.4) is 0 Å². The Balaban J connectivity index is 0.000000331. The van der Waals surface area contributed by atoms with Crippen LogP contribution in [0.4, 0.5) is 13.2 Å². The summed E-state index contributed by atoms with van der Waals surface area (Å²) in [7, 11) is 0. The van der Waals surface area contributed by atoms with Crippen LogP contribution in [0, 0.1) is 40.0 Å². The molecule has 0 atom stereocenters. The molecule has 7 heteroatoms. The summed E-state index contributed by atoms with van der Waals surface area (Å²) in [6.45, 7) is 10.00. The summed E-state index contributed by atoms with van der Waals surface area (Å²) < 4.78 is 32.2. The SMILES string of the molecule is Cc1ccc(-c2cccc3[cH-]c(CC4CCCCCC4)cc23)cc1.Cc1ccc(-c2cccc3[cH-]c(CC4CCCCCC4)cc23)cc1.Cl.Cl.[CH2-]CC(F)(F)F.[CH3-].[Si]=[Zr]. The normalized spacial score (nSPS) is 14.6. The van der Waals surface area contributed by atoms with Crippen LogP contribution in [-0.2, 0) is 36.2 Å². The molecule has 0 spiro atoms. The molecule has 0 bridgehead atoms. The van der Waals surface area contributed by atoms with Crippen molar-refractivity contribution in [2.75, 3.05) is 0 Å². The van der Waals surface area contributed by atoms with E-state index in [1.165, 1.54) is 179 Å². The van der Waals surface area contributed by atoms with Crippen LogP contribution in [0.5, 0.6) is 0 Å². The second kappa shape index (κ2) is 26.8. The van der Waals surface area contributed by atoms with Crippen molar-refractivity contribution in [3.05, 3.63) is 146 Å². The summed E-state index contributed by atoms with van der Waals surface area (Å²) >= 11 is 1.36. The van der Waals surface area contributed by atoms with Crippen LogP contribution in [0.1, 0.15) is 106 Å². The molecule has 2 saturated carbocycles. The van der Waals surface area contributed by atoms with E-state index in [0.29, 0.717) is 0 Å². The zero-order valence-electron chi connectivity index (χ0n) is 35.3. The van der Waals surface area contributed by atoms with E-state index < -0.39 is 12.6 Å². The maximum atomic E-state index is 10.7. The number of hydrogen-bond acceptors (Lipinski definition) is 0. The predicted molar refractivity (Wildman–Crippen MR) is 252 cm³/mol. The van der Waals surface area contributed by atoms with Crippen LogP contribution in [-0.4, -0.2) is 13.1 Å². The molecule has 0 aliphatic heterocycles. The van der Waals surface area contributed by atoms with Gasteiger partial charge in [0.15, 0.2) is 0 Å². The minimum atomic E-state index is -4.07. The molecule has 0 amide bonds. The fourth-order valence-corrected chi connectivity index (χ4v) is 8.60. The van der Waals surface area contributed by atoms with E-state index in [-0.39, 0.29) is 32.2 Å². The van der Waals surface area contributed by atoms with E-state index in [4.69, 9.17) is 0 Å². The zero-order chi connectivity index (χ0) is 39.9. The Morgan fingerprint density at radius 2 is 0.898 bits per heavy atom. The third-order valence-corrected chi connectivity index (χ3v) is 11.6. The second-order valence-electron chi connectivity index (χ2n) is 16.1. The molecule has 0 saturated heterocycles. The fourth-order valence-electron chi connectivity index (χ4n) is 8.60. The van der Waals surface area contributed by atoms with Crippen molar-refractivity contribution in [3.8, 4) is 22.3 Å². The average molecular weight is 935 g/mol. The molecule has 2 aliphatic rings. The Bertz CT molecular complexity index is 1910. The van der Waals surface area contributed by atoms with Gasteiger partial charge in [-0.1, -0.05) is 166 Å². The van der Waals surface area contributed by atoms with Gasteiger partial charge in [0, 0.05) is 0 Å². The van der Waals surface area contributed by atoms with Crippen LogP contribution in [0.2, 0.25) is 0 Å². The van der Waals surface area contributed by atoms with Crippen molar-refractivity contribution < 1.29 is 36.5 Å². The Labute approximate surface area is 383 Å². The first-order chi connectivity index (χ1) is 27.1. The number of alkyl halides is 3. The van der Waals surface area contributed by atoms with E-state index in [0.717, 1.165) is 11.8 Å². The predicted octanol–water partition coefficient (Wildman–Crippen LogP) is 16.8. The molecule has 2 fully saturated rings.